The highest BCUT2D eigenvalue weighted by atomic mass is 19.4. The Balaban J connectivity index is 1.56. The van der Waals surface area contributed by atoms with Crippen LogP contribution < -0.4 is 0 Å². The van der Waals surface area contributed by atoms with Gasteiger partial charge in [-0.3, -0.25) is 0 Å². The maximum atomic E-state index is 14.0. The zero-order valence-electron chi connectivity index (χ0n) is 28.7. The fraction of sp³-hybridized carbons (Fsp3) is 0.0952. The Bertz CT molecular complexity index is 2780. The van der Waals surface area contributed by atoms with Gasteiger partial charge >= 0.3 is 24.7 Å². The molecule has 0 saturated heterocycles. The molecule has 0 fully saturated rings. The summed E-state index contributed by atoms with van der Waals surface area (Å²) in [5.74, 6) is 0. The van der Waals surface area contributed by atoms with Crippen molar-refractivity contribution in [1.82, 2.24) is 9.13 Å². The first-order valence-electron chi connectivity index (χ1n) is 16.7. The summed E-state index contributed by atoms with van der Waals surface area (Å²) in [5.41, 5.74) is -5.20. The van der Waals surface area contributed by atoms with Crippen molar-refractivity contribution in [2.75, 3.05) is 0 Å². The van der Waals surface area contributed by atoms with Crippen molar-refractivity contribution in [2.24, 2.45) is 0 Å². The predicted molar refractivity (Wildman–Crippen MR) is 190 cm³/mol. The molecule has 290 valence electrons. The lowest BCUT2D eigenvalue weighted by atomic mass is 9.96. The number of aromatic nitrogens is 2. The summed E-state index contributed by atoms with van der Waals surface area (Å²) in [6.07, 6.45) is -19.6. The normalized spacial score (nSPS) is 12.8. The first-order chi connectivity index (χ1) is 27.2. The molecular weight excluding hydrogens is 788 g/mol. The van der Waals surface area contributed by atoms with Gasteiger partial charge in [0.25, 0.3) is 0 Å². The van der Waals surface area contributed by atoms with Crippen molar-refractivity contribution in [3.05, 3.63) is 143 Å². The molecule has 0 atom stereocenters. The molecule has 0 unspecified atom stereocenters. The third kappa shape index (κ3) is 6.12. The Labute approximate surface area is 317 Å². The molecule has 8 rings (SSSR count). The van der Waals surface area contributed by atoms with E-state index in [-0.39, 0.29) is 77.2 Å². The number of hydrogen-bond acceptors (Lipinski definition) is 2. The highest BCUT2D eigenvalue weighted by Crippen LogP contribution is 2.45. The number of nitrogens with zero attached hydrogens (tertiary/aromatic N) is 4. The van der Waals surface area contributed by atoms with Crippen LogP contribution in [0.1, 0.15) is 33.4 Å². The summed E-state index contributed by atoms with van der Waals surface area (Å²) in [6.45, 7) is 0. The third-order valence-electron chi connectivity index (χ3n) is 9.89. The zero-order valence-corrected chi connectivity index (χ0v) is 28.7. The molecule has 0 aliphatic rings. The second kappa shape index (κ2) is 12.8. The highest BCUT2D eigenvalue weighted by molar-refractivity contribution is 6.12. The maximum absolute atomic E-state index is 14.0. The minimum Gasteiger partial charge on any atom is -0.308 e. The molecule has 0 amide bonds. The summed E-state index contributed by atoms with van der Waals surface area (Å²) in [5, 5.41) is 19.9. The number of alkyl halides is 12. The first kappa shape index (κ1) is 38.0. The quantitative estimate of drug-likeness (QED) is 0.167. The fourth-order valence-corrected chi connectivity index (χ4v) is 7.34. The lowest BCUT2D eigenvalue weighted by molar-refractivity contribution is -0.138. The summed E-state index contributed by atoms with van der Waals surface area (Å²) in [7, 11) is 0. The van der Waals surface area contributed by atoms with Crippen LogP contribution in [0.15, 0.2) is 109 Å². The van der Waals surface area contributed by atoms with Gasteiger partial charge < -0.3 is 9.13 Å². The standard InChI is InChI=1S/C42H18F12N4/c43-39(44,45)23-5-9-33-28(15-23)29-16-24(40(46,47)48)6-10-34(29)57(33)37-13-22(27-4-2-1-3-21(27)19-55)14-38(32(37)20-56)58-35-11-7-25(41(49,50)51)17-30(35)31-18-26(42(52,53)54)8-12-36(31)58/h1-18H. The van der Waals surface area contributed by atoms with Crippen molar-refractivity contribution < 1.29 is 52.7 Å². The van der Waals surface area contributed by atoms with Crippen LogP contribution in [-0.2, 0) is 24.7 Å². The largest absolute Gasteiger partial charge is 0.416 e. The van der Waals surface area contributed by atoms with Crippen molar-refractivity contribution in [3.8, 4) is 34.6 Å². The Morgan fingerprint density at radius 3 is 1.02 bits per heavy atom. The molecule has 6 aromatic carbocycles. The molecule has 0 spiro atoms. The van der Waals surface area contributed by atoms with E-state index < -0.39 is 47.0 Å². The van der Waals surface area contributed by atoms with Crippen LogP contribution in [0.25, 0.3) is 66.1 Å². The molecule has 0 aliphatic heterocycles. The number of rotatable bonds is 3. The van der Waals surface area contributed by atoms with E-state index in [1.54, 1.807) is 12.1 Å². The van der Waals surface area contributed by atoms with E-state index in [2.05, 4.69) is 0 Å². The van der Waals surface area contributed by atoms with Crippen LogP contribution in [0.4, 0.5) is 52.7 Å². The topological polar surface area (TPSA) is 57.4 Å². The zero-order chi connectivity index (χ0) is 41.7. The molecule has 2 aromatic heterocycles. The molecule has 58 heavy (non-hydrogen) atoms. The van der Waals surface area contributed by atoms with Gasteiger partial charge in [-0.1, -0.05) is 18.2 Å². The van der Waals surface area contributed by atoms with Crippen LogP contribution in [0, 0.1) is 22.7 Å². The van der Waals surface area contributed by atoms with Gasteiger partial charge in [0.05, 0.1) is 67.3 Å². The van der Waals surface area contributed by atoms with Crippen molar-refractivity contribution >= 4 is 43.6 Å². The van der Waals surface area contributed by atoms with Gasteiger partial charge in [-0.05, 0) is 102 Å². The minimum absolute atomic E-state index is 0.0812. The Kier molecular flexibility index (Phi) is 8.37. The van der Waals surface area contributed by atoms with Gasteiger partial charge in [-0.15, -0.1) is 0 Å². The smallest absolute Gasteiger partial charge is 0.308 e. The summed E-state index contributed by atoms with van der Waals surface area (Å²) in [4.78, 5) is 0. The number of halogens is 12. The highest BCUT2D eigenvalue weighted by Gasteiger charge is 2.36. The van der Waals surface area contributed by atoms with Crippen LogP contribution in [0.2, 0.25) is 0 Å². The summed E-state index contributed by atoms with van der Waals surface area (Å²) < 4.78 is 171. The Morgan fingerprint density at radius 1 is 0.397 bits per heavy atom. The molecule has 0 bridgehead atoms. The van der Waals surface area contributed by atoms with Crippen LogP contribution in [-0.4, -0.2) is 9.13 Å². The lowest BCUT2D eigenvalue weighted by Crippen LogP contribution is -2.07. The summed E-state index contributed by atoms with van der Waals surface area (Å²) in [6, 6.07) is 22.4. The molecule has 4 nitrogen and oxygen atoms in total. The molecule has 8 aromatic rings. The minimum atomic E-state index is -4.91. The Hall–Kier alpha value is -6.94. The van der Waals surface area contributed by atoms with Crippen molar-refractivity contribution in [2.45, 2.75) is 24.7 Å². The maximum Gasteiger partial charge on any atom is 0.416 e. The van der Waals surface area contributed by atoms with Gasteiger partial charge in [0, 0.05) is 21.5 Å². The van der Waals surface area contributed by atoms with Gasteiger partial charge in [-0.25, -0.2) is 0 Å². The van der Waals surface area contributed by atoms with Gasteiger partial charge in [0.1, 0.15) is 11.6 Å². The van der Waals surface area contributed by atoms with E-state index in [1.165, 1.54) is 33.4 Å². The van der Waals surface area contributed by atoms with Gasteiger partial charge in [-0.2, -0.15) is 63.2 Å². The monoisotopic (exact) mass is 806 g/mol. The van der Waals surface area contributed by atoms with Crippen molar-refractivity contribution in [3.63, 3.8) is 0 Å². The molecule has 16 heteroatoms. The second-order valence-corrected chi connectivity index (χ2v) is 13.2. The third-order valence-corrected chi connectivity index (χ3v) is 9.89. The average molecular weight is 807 g/mol. The van der Waals surface area contributed by atoms with Crippen LogP contribution in [0.3, 0.4) is 0 Å². The van der Waals surface area contributed by atoms with E-state index in [4.69, 9.17) is 0 Å². The van der Waals surface area contributed by atoms with Crippen LogP contribution in [0.5, 0.6) is 0 Å². The summed E-state index contributed by atoms with van der Waals surface area (Å²) >= 11 is 0. The van der Waals surface area contributed by atoms with E-state index >= 15 is 0 Å². The van der Waals surface area contributed by atoms with Gasteiger partial charge in [0.15, 0.2) is 0 Å². The Morgan fingerprint density at radius 2 is 0.724 bits per heavy atom. The SMILES string of the molecule is N#Cc1ccccc1-c1cc(-n2c3ccc(C(F)(F)F)cc3c3cc(C(F)(F)F)ccc32)c(C#N)c(-n2c3ccc(C(F)(F)F)cc3c3cc(C(F)(F)F)ccc32)c1. The predicted octanol–water partition coefficient (Wildman–Crippen LogP) is 13.4. The molecular formula is C42H18F12N4. The molecule has 0 N–H and O–H groups in total. The second-order valence-electron chi connectivity index (χ2n) is 13.2. The number of hydrogen-bond donors (Lipinski definition) is 0. The van der Waals surface area contributed by atoms with E-state index in [9.17, 15) is 63.2 Å². The molecule has 0 radical (unpaired) electrons. The van der Waals surface area contributed by atoms with Crippen LogP contribution >= 0.6 is 0 Å². The molecule has 2 heterocycles. The molecule has 0 saturated carbocycles. The number of fused-ring (bicyclic) bond motifs is 6. The number of nitriles is 2. The average Bonchev–Trinajstić information content (AvgIpc) is 3.67. The lowest BCUT2D eigenvalue weighted by Gasteiger charge is -2.19. The van der Waals surface area contributed by atoms with Crippen molar-refractivity contribution in [1.29, 1.82) is 10.5 Å². The van der Waals surface area contributed by atoms with E-state index in [1.807, 2.05) is 12.1 Å². The number of benzene rings is 6. The van der Waals surface area contributed by atoms with Gasteiger partial charge in [0.2, 0.25) is 0 Å². The van der Waals surface area contributed by atoms with E-state index in [0.717, 1.165) is 24.3 Å². The van der Waals surface area contributed by atoms with E-state index in [0.29, 0.717) is 48.5 Å². The molecule has 0 aliphatic carbocycles. The fourth-order valence-electron chi connectivity index (χ4n) is 7.34. The first-order valence-corrected chi connectivity index (χ1v) is 16.7.